The van der Waals surface area contributed by atoms with E-state index in [1.807, 2.05) is 0 Å². The Bertz CT molecular complexity index is 1630. The minimum atomic E-state index is -4.61. The van der Waals surface area contributed by atoms with Crippen molar-refractivity contribution in [2.24, 2.45) is 16.1 Å². The van der Waals surface area contributed by atoms with Gasteiger partial charge in [-0.25, -0.2) is 17.8 Å². The number of thiazole rings is 1. The van der Waals surface area contributed by atoms with E-state index in [0.717, 1.165) is 27.8 Å². The van der Waals surface area contributed by atoms with Crippen LogP contribution in [0.3, 0.4) is 0 Å². The normalized spacial score (nSPS) is 22.2. The maximum absolute atomic E-state index is 14.0. The number of halogens is 4. The van der Waals surface area contributed by atoms with Crippen LogP contribution in [0.15, 0.2) is 93.5 Å². The van der Waals surface area contributed by atoms with Crippen molar-refractivity contribution in [2.45, 2.75) is 23.9 Å². The Morgan fingerprint density at radius 1 is 1.12 bits per heavy atom. The number of sulfonamides is 1. The van der Waals surface area contributed by atoms with Gasteiger partial charge >= 0.3 is 6.18 Å². The van der Waals surface area contributed by atoms with Crippen molar-refractivity contribution in [3.8, 4) is 0 Å². The molecule has 2 heterocycles. The zero-order chi connectivity index (χ0) is 28.7. The predicted molar refractivity (Wildman–Crippen MR) is 142 cm³/mol. The van der Waals surface area contributed by atoms with Gasteiger partial charge in [0, 0.05) is 19.3 Å². The summed E-state index contributed by atoms with van der Waals surface area (Å²) in [5, 5.41) is 0. The second-order valence-electron chi connectivity index (χ2n) is 9.40. The lowest BCUT2D eigenvalue weighted by Gasteiger charge is -2.45. The molecule has 0 saturated carbocycles. The minimum absolute atomic E-state index is 0.00158. The van der Waals surface area contributed by atoms with Gasteiger partial charge in [-0.05, 0) is 79.2 Å². The molecule has 1 fully saturated rings. The topological polar surface area (TPSA) is 106 Å². The fourth-order valence-corrected chi connectivity index (χ4v) is 7.11. The molecule has 1 aromatic heterocycles. The molecule has 0 unspecified atom stereocenters. The van der Waals surface area contributed by atoms with Gasteiger partial charge in [-0.3, -0.25) is 9.78 Å². The van der Waals surface area contributed by atoms with Crippen LogP contribution in [0.25, 0.3) is 0 Å². The maximum Gasteiger partial charge on any atom is 0.416 e. The highest BCUT2D eigenvalue weighted by atomic mass is 32.2. The number of ketones is 1. The zero-order valence-electron chi connectivity index (χ0n) is 20.7. The Morgan fingerprint density at radius 3 is 2.42 bits per heavy atom. The van der Waals surface area contributed by atoms with Crippen molar-refractivity contribution in [2.75, 3.05) is 13.1 Å². The number of fused-ring (bicyclic) bond motifs is 1. The van der Waals surface area contributed by atoms with Crippen molar-refractivity contribution in [3.05, 3.63) is 99.9 Å². The van der Waals surface area contributed by atoms with Crippen LogP contribution < -0.4 is 5.73 Å². The molecule has 0 radical (unpaired) electrons. The van der Waals surface area contributed by atoms with Crippen molar-refractivity contribution in [3.63, 3.8) is 0 Å². The molecule has 13 heteroatoms. The average molecular weight is 591 g/mol. The number of hydrogen-bond acceptors (Lipinski definition) is 7. The van der Waals surface area contributed by atoms with Gasteiger partial charge in [-0.1, -0.05) is 5.57 Å². The second-order valence-corrected chi connectivity index (χ2v) is 12.2. The van der Waals surface area contributed by atoms with E-state index >= 15 is 0 Å². The van der Waals surface area contributed by atoms with Gasteiger partial charge in [0.05, 0.1) is 37.7 Å². The molecule has 0 spiro atoms. The van der Waals surface area contributed by atoms with Crippen molar-refractivity contribution in [1.82, 2.24) is 9.29 Å². The molecule has 7 nitrogen and oxygen atoms in total. The first-order valence-corrected chi connectivity index (χ1v) is 14.3. The summed E-state index contributed by atoms with van der Waals surface area (Å²) < 4.78 is 80.8. The lowest BCUT2D eigenvalue weighted by molar-refractivity contribution is -0.137. The Labute approximate surface area is 231 Å². The Kier molecular flexibility index (Phi) is 7.23. The van der Waals surface area contributed by atoms with Crippen LogP contribution in [0, 0.1) is 11.2 Å². The van der Waals surface area contributed by atoms with Crippen molar-refractivity contribution in [1.29, 1.82) is 0 Å². The van der Waals surface area contributed by atoms with Crippen LogP contribution in [-0.4, -0.2) is 42.3 Å². The number of carbonyl (C=O) groups is 1. The lowest BCUT2D eigenvalue weighted by Crippen LogP contribution is -2.52. The quantitative estimate of drug-likeness (QED) is 0.312. The molecular weight excluding hydrogens is 568 g/mol. The molecule has 2 N–H and O–H groups in total. The van der Waals surface area contributed by atoms with Crippen LogP contribution in [0.1, 0.15) is 28.1 Å². The SMILES string of the molecule is N/C=C1/C[C@]2(C(=O)c3cncs3)CN(S(=O)(=O)c3ccc(C(F)(F)F)cc3)CCC2=CC1=Nc1ccc(F)cc1. The third-order valence-electron chi connectivity index (χ3n) is 7.01. The first-order chi connectivity index (χ1) is 18.9. The summed E-state index contributed by atoms with van der Waals surface area (Å²) >= 11 is 1.12. The molecule has 2 aromatic carbocycles. The molecule has 0 bridgehead atoms. The summed E-state index contributed by atoms with van der Waals surface area (Å²) in [5.41, 5.74) is 7.22. The number of allylic oxidation sites excluding steroid dienone is 2. The molecule has 2 aliphatic rings. The molecule has 1 aliphatic heterocycles. The predicted octanol–water partition coefficient (Wildman–Crippen LogP) is 5.51. The summed E-state index contributed by atoms with van der Waals surface area (Å²) in [5.74, 6) is -0.759. The van der Waals surface area contributed by atoms with E-state index in [4.69, 9.17) is 5.73 Å². The van der Waals surface area contributed by atoms with Gasteiger partial charge in [0.25, 0.3) is 0 Å². The second kappa shape index (κ2) is 10.4. The number of aromatic nitrogens is 1. The standard InChI is InChI=1S/C27H22F4N4O3S2/c28-20-3-5-21(6-4-20)34-23-11-19-9-10-35(40(37,38)22-7-1-18(2-8-22)27(29,30)31)15-26(19,12-17(23)13-32)25(36)24-14-33-16-39-24/h1-8,11,13-14,16H,9-10,12,15,32H2/b17-13-,34-23?/t26-/m0/s1. The van der Waals surface area contributed by atoms with Crippen LogP contribution >= 0.6 is 11.3 Å². The van der Waals surface area contributed by atoms with Gasteiger partial charge in [-0.2, -0.15) is 17.5 Å². The van der Waals surface area contributed by atoms with Crippen molar-refractivity contribution >= 4 is 38.5 Å². The molecular formula is C27H22F4N4O3S2. The number of piperidine rings is 1. The summed E-state index contributed by atoms with van der Waals surface area (Å²) in [7, 11) is -4.25. The molecule has 1 aliphatic carbocycles. The molecule has 208 valence electrons. The van der Waals surface area contributed by atoms with Crippen LogP contribution in [-0.2, 0) is 16.2 Å². The zero-order valence-corrected chi connectivity index (χ0v) is 22.4. The third kappa shape index (κ3) is 5.11. The Morgan fingerprint density at radius 2 is 1.82 bits per heavy atom. The smallest absolute Gasteiger partial charge is 0.404 e. The number of benzene rings is 2. The number of alkyl halides is 3. The summed E-state index contributed by atoms with van der Waals surface area (Å²) in [6, 6.07) is 8.80. The summed E-state index contributed by atoms with van der Waals surface area (Å²) in [4.78, 5) is 22.6. The average Bonchev–Trinajstić information content (AvgIpc) is 3.48. The van der Waals surface area contributed by atoms with Gasteiger partial charge in [-0.15, -0.1) is 11.3 Å². The van der Waals surface area contributed by atoms with Gasteiger partial charge in [0.15, 0.2) is 5.78 Å². The summed E-state index contributed by atoms with van der Waals surface area (Å²) in [6.45, 7) is -0.251. The van der Waals surface area contributed by atoms with E-state index in [2.05, 4.69) is 9.98 Å². The first kappa shape index (κ1) is 27.9. The number of rotatable bonds is 5. The molecule has 1 atom stereocenters. The minimum Gasteiger partial charge on any atom is -0.404 e. The lowest BCUT2D eigenvalue weighted by atomic mass is 9.65. The fourth-order valence-electron chi connectivity index (χ4n) is 4.95. The number of nitrogens with two attached hydrogens (primary N) is 1. The van der Waals surface area contributed by atoms with Crippen LogP contribution in [0.4, 0.5) is 23.2 Å². The number of Topliss-reactive ketones (excluding diaryl/α,β-unsaturated/α-hetero) is 1. The van der Waals surface area contributed by atoms with E-state index in [1.54, 1.807) is 6.08 Å². The Hall–Kier alpha value is -3.68. The van der Waals surface area contributed by atoms with Gasteiger partial charge in [0.1, 0.15) is 5.82 Å². The number of hydrogen-bond donors (Lipinski definition) is 1. The van der Waals surface area contributed by atoms with Crippen molar-refractivity contribution < 1.29 is 30.8 Å². The Balaban J connectivity index is 1.57. The van der Waals surface area contributed by atoms with Crippen LogP contribution in [0.5, 0.6) is 0 Å². The van der Waals surface area contributed by atoms with E-state index in [-0.39, 0.29) is 36.6 Å². The monoisotopic (exact) mass is 590 g/mol. The van der Waals surface area contributed by atoms with E-state index in [1.165, 1.54) is 42.2 Å². The molecule has 0 amide bonds. The van der Waals surface area contributed by atoms with Gasteiger partial charge < -0.3 is 5.73 Å². The third-order valence-corrected chi connectivity index (χ3v) is 9.64. The first-order valence-electron chi connectivity index (χ1n) is 12.0. The highest BCUT2D eigenvalue weighted by molar-refractivity contribution is 7.89. The molecule has 3 aromatic rings. The largest absolute Gasteiger partial charge is 0.416 e. The molecule has 1 saturated heterocycles. The number of nitrogens with zero attached hydrogens (tertiary/aromatic N) is 3. The fraction of sp³-hybridized carbons (Fsp3) is 0.222. The molecule has 40 heavy (non-hydrogen) atoms. The van der Waals surface area contributed by atoms with E-state index < -0.39 is 33.0 Å². The van der Waals surface area contributed by atoms with Crippen LogP contribution in [0.2, 0.25) is 0 Å². The molecule has 5 rings (SSSR count). The maximum atomic E-state index is 14.0. The number of aliphatic imine (C=N–C) groups is 1. The van der Waals surface area contributed by atoms with Gasteiger partial charge in [0.2, 0.25) is 10.0 Å². The highest BCUT2D eigenvalue weighted by Crippen LogP contribution is 2.48. The van der Waals surface area contributed by atoms with E-state index in [9.17, 15) is 30.8 Å². The van der Waals surface area contributed by atoms with E-state index in [0.29, 0.717) is 39.6 Å². The number of carbonyl (C=O) groups excluding carboxylic acids is 1. The summed E-state index contributed by atoms with van der Waals surface area (Å²) in [6.07, 6.45) is 0.0260. The highest BCUT2D eigenvalue weighted by Gasteiger charge is 2.51.